The van der Waals surface area contributed by atoms with Crippen LogP contribution in [0.1, 0.15) is 50.1 Å². The lowest BCUT2D eigenvalue weighted by molar-refractivity contribution is 0.00205. The van der Waals surface area contributed by atoms with Crippen LogP contribution in [0.15, 0.2) is 40.9 Å². The number of aromatic nitrogens is 1. The molecule has 2 aromatic rings. The molecule has 0 amide bonds. The largest absolute Gasteiger partial charge is 0.360 e. The minimum Gasteiger partial charge on any atom is -0.360 e. The molecular weight excluding hydrogens is 372 g/mol. The molecule has 0 unspecified atom stereocenters. The molecule has 5 nitrogen and oxygen atoms in total. The Morgan fingerprint density at radius 2 is 1.90 bits per heavy atom. The summed E-state index contributed by atoms with van der Waals surface area (Å²) in [6, 6.07) is 14.0. The van der Waals surface area contributed by atoms with E-state index in [9.17, 15) is 0 Å². The molecule has 4 rings (SSSR count). The maximum absolute atomic E-state index is 5.66. The molecule has 5 heteroatoms. The zero-order valence-electron chi connectivity index (χ0n) is 19.1. The fourth-order valence-corrected chi connectivity index (χ4v) is 5.10. The second-order valence-electron chi connectivity index (χ2n) is 10.2. The Labute approximate surface area is 181 Å². The highest BCUT2D eigenvalue weighted by atomic mass is 16.5. The van der Waals surface area contributed by atoms with Gasteiger partial charge in [-0.15, -0.1) is 0 Å². The van der Waals surface area contributed by atoms with E-state index in [1.54, 1.807) is 0 Å². The Morgan fingerprint density at radius 3 is 2.60 bits per heavy atom. The van der Waals surface area contributed by atoms with Gasteiger partial charge in [0.25, 0.3) is 0 Å². The van der Waals surface area contributed by atoms with Gasteiger partial charge in [0.2, 0.25) is 0 Å². The zero-order chi connectivity index (χ0) is 21.1. The van der Waals surface area contributed by atoms with Gasteiger partial charge in [-0.25, -0.2) is 0 Å². The highest BCUT2D eigenvalue weighted by Gasteiger charge is 2.48. The minimum absolute atomic E-state index is 0.312. The summed E-state index contributed by atoms with van der Waals surface area (Å²) in [4.78, 5) is 4.71. The van der Waals surface area contributed by atoms with Crippen molar-refractivity contribution in [3.8, 4) is 0 Å². The lowest BCUT2D eigenvalue weighted by atomic mass is 9.57. The Morgan fingerprint density at radius 1 is 1.17 bits per heavy atom. The van der Waals surface area contributed by atoms with Crippen LogP contribution >= 0.6 is 0 Å². The maximum Gasteiger partial charge on any atom is 0.150 e. The lowest BCUT2D eigenvalue weighted by Gasteiger charge is -2.54. The molecule has 2 heterocycles. The van der Waals surface area contributed by atoms with E-state index in [-0.39, 0.29) is 0 Å². The van der Waals surface area contributed by atoms with Crippen molar-refractivity contribution in [2.75, 3.05) is 27.2 Å². The second kappa shape index (κ2) is 9.21. The van der Waals surface area contributed by atoms with E-state index >= 15 is 0 Å². The average molecular weight is 411 g/mol. The fraction of sp³-hybridized carbons (Fsp3) is 0.640. The third-order valence-corrected chi connectivity index (χ3v) is 7.41. The summed E-state index contributed by atoms with van der Waals surface area (Å²) in [5.41, 5.74) is 2.74. The molecule has 2 aliphatic rings. The molecule has 1 aliphatic carbocycles. The summed E-state index contributed by atoms with van der Waals surface area (Å²) in [6.45, 7) is 8.97. The molecule has 0 spiro atoms. The van der Waals surface area contributed by atoms with Crippen molar-refractivity contribution in [1.29, 1.82) is 0 Å². The summed E-state index contributed by atoms with van der Waals surface area (Å²) in [5.74, 6) is 1.63. The van der Waals surface area contributed by atoms with Crippen LogP contribution in [-0.4, -0.2) is 54.2 Å². The van der Waals surface area contributed by atoms with E-state index in [0.29, 0.717) is 23.4 Å². The molecule has 1 N–H and O–H groups in total. The van der Waals surface area contributed by atoms with Gasteiger partial charge < -0.3 is 14.7 Å². The van der Waals surface area contributed by atoms with Crippen molar-refractivity contribution in [2.45, 2.75) is 64.7 Å². The number of hydrogen-bond acceptors (Lipinski definition) is 5. The quantitative estimate of drug-likeness (QED) is 0.714. The smallest absolute Gasteiger partial charge is 0.150 e. The molecule has 1 aromatic heterocycles. The molecular formula is C25H38N4O. The van der Waals surface area contributed by atoms with Crippen molar-refractivity contribution in [3.63, 3.8) is 0 Å². The highest BCUT2D eigenvalue weighted by Crippen LogP contribution is 2.48. The highest BCUT2D eigenvalue weighted by molar-refractivity contribution is 5.15. The number of benzene rings is 1. The number of nitrogens with one attached hydrogen (secondary N) is 1. The van der Waals surface area contributed by atoms with Crippen LogP contribution in [0.3, 0.4) is 0 Å². The van der Waals surface area contributed by atoms with Crippen LogP contribution in [-0.2, 0) is 19.5 Å². The van der Waals surface area contributed by atoms with Crippen molar-refractivity contribution in [1.82, 2.24) is 20.3 Å². The number of rotatable bonds is 8. The topological polar surface area (TPSA) is 44.5 Å². The molecule has 1 saturated heterocycles. The van der Waals surface area contributed by atoms with Gasteiger partial charge in [-0.2, -0.15) is 0 Å². The van der Waals surface area contributed by atoms with Crippen LogP contribution in [0.4, 0.5) is 0 Å². The first-order valence-electron chi connectivity index (χ1n) is 11.5. The van der Waals surface area contributed by atoms with Crippen LogP contribution in [0.2, 0.25) is 0 Å². The number of likely N-dealkylation sites (tertiary alicyclic amines) is 1. The molecule has 1 aliphatic heterocycles. The normalized spacial score (nSPS) is 24.8. The van der Waals surface area contributed by atoms with Crippen molar-refractivity contribution < 1.29 is 4.52 Å². The van der Waals surface area contributed by atoms with Gasteiger partial charge in [0, 0.05) is 24.7 Å². The van der Waals surface area contributed by atoms with Gasteiger partial charge in [0.05, 0.1) is 12.2 Å². The van der Waals surface area contributed by atoms with E-state index < -0.39 is 0 Å². The van der Waals surface area contributed by atoms with E-state index in [4.69, 9.17) is 4.52 Å². The standard InChI is InChI=1S/C25H38N4O/c1-25(2)20(15-24(25)26-21-10-12-28(3)13-11-21)14-22-16-23(30-27-22)18-29(4)17-19-8-6-5-7-9-19/h5-9,16,20-21,24,26H,10-15,17-18H2,1-4H3/t20-,24+/m1/s1. The van der Waals surface area contributed by atoms with Crippen LogP contribution in [0.5, 0.6) is 0 Å². The molecule has 30 heavy (non-hydrogen) atoms. The lowest BCUT2D eigenvalue weighted by Crippen LogP contribution is -2.60. The third-order valence-electron chi connectivity index (χ3n) is 7.41. The average Bonchev–Trinajstić information content (AvgIpc) is 3.16. The van der Waals surface area contributed by atoms with E-state index in [1.807, 2.05) is 0 Å². The molecule has 0 bridgehead atoms. The van der Waals surface area contributed by atoms with Gasteiger partial charge in [0.15, 0.2) is 5.76 Å². The second-order valence-corrected chi connectivity index (χ2v) is 10.2. The predicted molar refractivity (Wildman–Crippen MR) is 121 cm³/mol. The minimum atomic E-state index is 0.312. The molecule has 1 aromatic carbocycles. The Bertz CT molecular complexity index is 794. The number of nitrogens with zero attached hydrogens (tertiary/aromatic N) is 3. The predicted octanol–water partition coefficient (Wildman–Crippen LogP) is 3.95. The van der Waals surface area contributed by atoms with E-state index in [1.165, 1.54) is 37.9 Å². The molecule has 164 valence electrons. The first-order valence-corrected chi connectivity index (χ1v) is 11.5. The molecule has 2 atom stereocenters. The van der Waals surface area contributed by atoms with Crippen molar-refractivity contribution in [3.05, 3.63) is 53.4 Å². The third kappa shape index (κ3) is 5.13. The fourth-order valence-electron chi connectivity index (χ4n) is 5.10. The first-order chi connectivity index (χ1) is 14.4. The van der Waals surface area contributed by atoms with Gasteiger partial charge in [0.1, 0.15) is 0 Å². The van der Waals surface area contributed by atoms with E-state index in [2.05, 4.69) is 84.6 Å². The molecule has 1 saturated carbocycles. The van der Waals surface area contributed by atoms with Crippen LogP contribution < -0.4 is 5.32 Å². The summed E-state index contributed by atoms with van der Waals surface area (Å²) >= 11 is 0. The maximum atomic E-state index is 5.66. The van der Waals surface area contributed by atoms with Gasteiger partial charge in [-0.3, -0.25) is 4.90 Å². The SMILES string of the molecule is CN1CCC(N[C@H]2C[C@@H](Cc3cc(CN(C)Cc4ccccc4)on3)C2(C)C)CC1. The van der Waals surface area contributed by atoms with Gasteiger partial charge >= 0.3 is 0 Å². The monoisotopic (exact) mass is 410 g/mol. The zero-order valence-corrected chi connectivity index (χ0v) is 19.1. The van der Waals surface area contributed by atoms with Gasteiger partial charge in [-0.05, 0) is 69.8 Å². The van der Waals surface area contributed by atoms with Crippen molar-refractivity contribution >= 4 is 0 Å². The van der Waals surface area contributed by atoms with Crippen LogP contribution in [0.25, 0.3) is 0 Å². The van der Waals surface area contributed by atoms with Gasteiger partial charge in [-0.1, -0.05) is 49.3 Å². The van der Waals surface area contributed by atoms with Crippen molar-refractivity contribution in [2.24, 2.45) is 11.3 Å². The first kappa shape index (κ1) is 21.5. The Balaban J connectivity index is 1.25. The van der Waals surface area contributed by atoms with E-state index in [0.717, 1.165) is 31.0 Å². The molecule has 0 radical (unpaired) electrons. The molecule has 2 fully saturated rings. The summed E-state index contributed by atoms with van der Waals surface area (Å²) in [6.07, 6.45) is 4.81. The number of hydrogen-bond donors (Lipinski definition) is 1. The number of piperidine rings is 1. The summed E-state index contributed by atoms with van der Waals surface area (Å²) in [5, 5.41) is 8.34. The Hall–Kier alpha value is -1.69. The Kier molecular flexibility index (Phi) is 6.61. The van der Waals surface area contributed by atoms with Crippen LogP contribution in [0, 0.1) is 11.3 Å². The summed E-state index contributed by atoms with van der Waals surface area (Å²) in [7, 11) is 4.36. The summed E-state index contributed by atoms with van der Waals surface area (Å²) < 4.78 is 5.66.